The van der Waals surface area contributed by atoms with Crippen LogP contribution in [0.1, 0.15) is 19.8 Å². The van der Waals surface area contributed by atoms with Crippen LogP contribution in [0.5, 0.6) is 0 Å². The van der Waals surface area contributed by atoms with Gasteiger partial charge in [0.15, 0.2) is 0 Å². The Morgan fingerprint density at radius 2 is 2.20 bits per heavy atom. The maximum atomic E-state index is 5.43. The summed E-state index contributed by atoms with van der Waals surface area (Å²) in [7, 11) is 0. The van der Waals surface area contributed by atoms with E-state index in [1.54, 1.807) is 6.08 Å². The van der Waals surface area contributed by atoms with Gasteiger partial charge in [0.1, 0.15) is 4.49 Å². The molecule has 0 aromatic heterocycles. The highest BCUT2D eigenvalue weighted by Crippen LogP contribution is 2.14. The van der Waals surface area contributed by atoms with Crippen LogP contribution in [0.4, 0.5) is 0 Å². The van der Waals surface area contributed by atoms with Crippen LogP contribution < -0.4 is 0 Å². The number of halogens is 2. The molecule has 10 heavy (non-hydrogen) atoms. The van der Waals surface area contributed by atoms with Gasteiger partial charge in [-0.2, -0.15) is 0 Å². The van der Waals surface area contributed by atoms with Crippen LogP contribution >= 0.6 is 23.2 Å². The second-order valence-electron chi connectivity index (χ2n) is 2.13. The minimum absolute atomic E-state index is 0.348. The summed E-state index contributed by atoms with van der Waals surface area (Å²) in [6, 6.07) is 0. The Morgan fingerprint density at radius 1 is 1.60 bits per heavy atom. The average Bonchev–Trinajstić information content (AvgIpc) is 1.90. The van der Waals surface area contributed by atoms with E-state index in [1.807, 2.05) is 6.08 Å². The molecule has 0 radical (unpaired) electrons. The number of hydrogen-bond acceptors (Lipinski definition) is 0. The van der Waals surface area contributed by atoms with E-state index in [1.165, 1.54) is 0 Å². The van der Waals surface area contributed by atoms with Crippen molar-refractivity contribution in [3.63, 3.8) is 0 Å². The lowest BCUT2D eigenvalue weighted by molar-refractivity contribution is 0.640. The summed E-state index contributed by atoms with van der Waals surface area (Å²) in [6.45, 7) is 5.81. The van der Waals surface area contributed by atoms with Crippen molar-refractivity contribution in [2.24, 2.45) is 5.92 Å². The molecule has 0 heterocycles. The Bertz CT molecular complexity index is 123. The molecule has 0 aromatic carbocycles. The van der Waals surface area contributed by atoms with Crippen molar-refractivity contribution < 1.29 is 0 Å². The van der Waals surface area contributed by atoms with E-state index in [0.717, 1.165) is 12.8 Å². The zero-order valence-corrected chi connectivity index (χ0v) is 7.62. The van der Waals surface area contributed by atoms with Crippen molar-refractivity contribution in [2.75, 3.05) is 0 Å². The van der Waals surface area contributed by atoms with Crippen LogP contribution in [0.2, 0.25) is 0 Å². The zero-order chi connectivity index (χ0) is 7.98. The Balaban J connectivity index is 3.64. The van der Waals surface area contributed by atoms with E-state index in [-0.39, 0.29) is 0 Å². The summed E-state index contributed by atoms with van der Waals surface area (Å²) in [5.41, 5.74) is 0. The molecule has 0 saturated carbocycles. The van der Waals surface area contributed by atoms with Gasteiger partial charge in [-0.3, -0.25) is 0 Å². The SMILES string of the molecule is C=CC(CC)CC=C(Cl)Cl. The summed E-state index contributed by atoms with van der Waals surface area (Å²) >= 11 is 10.9. The molecular weight excluding hydrogens is 167 g/mol. The highest BCUT2D eigenvalue weighted by Gasteiger charge is 1.97. The average molecular weight is 179 g/mol. The van der Waals surface area contributed by atoms with Crippen LogP contribution in [0.25, 0.3) is 0 Å². The molecule has 58 valence electrons. The van der Waals surface area contributed by atoms with E-state index < -0.39 is 0 Å². The highest BCUT2D eigenvalue weighted by atomic mass is 35.5. The van der Waals surface area contributed by atoms with E-state index in [4.69, 9.17) is 23.2 Å². The molecule has 0 aliphatic rings. The van der Waals surface area contributed by atoms with Gasteiger partial charge in [0, 0.05) is 0 Å². The maximum absolute atomic E-state index is 5.43. The van der Waals surface area contributed by atoms with E-state index >= 15 is 0 Å². The highest BCUT2D eigenvalue weighted by molar-refractivity contribution is 6.55. The minimum atomic E-state index is 0.348. The summed E-state index contributed by atoms with van der Waals surface area (Å²) in [4.78, 5) is 0. The minimum Gasteiger partial charge on any atom is -0.103 e. The molecule has 2 heteroatoms. The molecule has 0 aromatic rings. The van der Waals surface area contributed by atoms with Crippen molar-refractivity contribution >= 4 is 23.2 Å². The molecule has 0 saturated heterocycles. The zero-order valence-electron chi connectivity index (χ0n) is 6.11. The van der Waals surface area contributed by atoms with E-state index in [2.05, 4.69) is 13.5 Å². The third kappa shape index (κ3) is 4.89. The first-order chi connectivity index (χ1) is 4.70. The summed E-state index contributed by atoms with van der Waals surface area (Å²) < 4.78 is 0.348. The van der Waals surface area contributed by atoms with E-state index in [9.17, 15) is 0 Å². The number of hydrogen-bond donors (Lipinski definition) is 0. The van der Waals surface area contributed by atoms with Gasteiger partial charge in [0.2, 0.25) is 0 Å². The van der Waals surface area contributed by atoms with Gasteiger partial charge in [-0.15, -0.1) is 6.58 Å². The molecule has 1 atom stereocenters. The van der Waals surface area contributed by atoms with Crippen molar-refractivity contribution in [3.05, 3.63) is 23.2 Å². The Hall–Kier alpha value is 0.0600. The van der Waals surface area contributed by atoms with Gasteiger partial charge >= 0.3 is 0 Å². The first-order valence-corrected chi connectivity index (χ1v) is 4.10. The smallest absolute Gasteiger partial charge is 0.102 e. The fourth-order valence-corrected chi connectivity index (χ4v) is 0.848. The standard InChI is InChI=1S/C8H12Cl2/c1-3-7(4-2)5-6-8(9)10/h3,6-7H,1,4-5H2,2H3. The lowest BCUT2D eigenvalue weighted by Crippen LogP contribution is -1.89. The van der Waals surface area contributed by atoms with Crippen molar-refractivity contribution in [1.29, 1.82) is 0 Å². The second kappa shape index (κ2) is 5.82. The third-order valence-electron chi connectivity index (χ3n) is 1.43. The molecule has 0 bridgehead atoms. The van der Waals surface area contributed by atoms with Crippen molar-refractivity contribution in [1.82, 2.24) is 0 Å². The Labute approximate surface area is 72.5 Å². The molecule has 0 spiro atoms. The topological polar surface area (TPSA) is 0 Å². The molecule has 0 aliphatic carbocycles. The number of rotatable bonds is 4. The molecule has 1 unspecified atom stereocenters. The lowest BCUT2D eigenvalue weighted by atomic mass is 10.0. The van der Waals surface area contributed by atoms with Gasteiger partial charge in [0.05, 0.1) is 0 Å². The fourth-order valence-electron chi connectivity index (χ4n) is 0.670. The Morgan fingerprint density at radius 3 is 2.50 bits per heavy atom. The predicted molar refractivity (Wildman–Crippen MR) is 48.4 cm³/mol. The first-order valence-electron chi connectivity index (χ1n) is 3.34. The van der Waals surface area contributed by atoms with Gasteiger partial charge in [-0.1, -0.05) is 42.3 Å². The van der Waals surface area contributed by atoms with Crippen LogP contribution in [0.3, 0.4) is 0 Å². The van der Waals surface area contributed by atoms with Gasteiger partial charge in [-0.05, 0) is 18.8 Å². The van der Waals surface area contributed by atoms with Crippen LogP contribution in [0.15, 0.2) is 23.2 Å². The van der Waals surface area contributed by atoms with Crippen LogP contribution in [0, 0.1) is 5.92 Å². The lowest BCUT2D eigenvalue weighted by Gasteiger charge is -2.03. The normalized spacial score (nSPS) is 12.3. The first kappa shape index (κ1) is 10.1. The largest absolute Gasteiger partial charge is 0.103 e. The van der Waals surface area contributed by atoms with E-state index in [0.29, 0.717) is 10.4 Å². The molecule has 0 fully saturated rings. The molecule has 0 nitrogen and oxygen atoms in total. The summed E-state index contributed by atoms with van der Waals surface area (Å²) in [6.07, 6.45) is 5.70. The van der Waals surface area contributed by atoms with Crippen molar-refractivity contribution in [3.8, 4) is 0 Å². The second-order valence-corrected chi connectivity index (χ2v) is 3.14. The maximum Gasteiger partial charge on any atom is 0.102 e. The van der Waals surface area contributed by atoms with Crippen LogP contribution in [-0.4, -0.2) is 0 Å². The monoisotopic (exact) mass is 178 g/mol. The van der Waals surface area contributed by atoms with Crippen molar-refractivity contribution in [2.45, 2.75) is 19.8 Å². The fraction of sp³-hybridized carbons (Fsp3) is 0.500. The molecular formula is C8H12Cl2. The molecule has 0 rings (SSSR count). The summed E-state index contributed by atoms with van der Waals surface area (Å²) in [5, 5.41) is 0. The molecule has 0 N–H and O–H groups in total. The Kier molecular flexibility index (Phi) is 5.85. The number of allylic oxidation sites excluding steroid dienone is 2. The summed E-state index contributed by atoms with van der Waals surface area (Å²) in [5.74, 6) is 0.507. The molecule has 0 aliphatic heterocycles. The molecule has 0 amide bonds. The van der Waals surface area contributed by atoms with Gasteiger partial charge in [0.25, 0.3) is 0 Å². The third-order valence-corrected chi connectivity index (χ3v) is 1.74. The van der Waals surface area contributed by atoms with Crippen LogP contribution in [-0.2, 0) is 0 Å². The predicted octanol–water partition coefficient (Wildman–Crippen LogP) is 3.91. The quantitative estimate of drug-likeness (QED) is 0.574. The van der Waals surface area contributed by atoms with Gasteiger partial charge in [-0.25, -0.2) is 0 Å². The van der Waals surface area contributed by atoms with Gasteiger partial charge < -0.3 is 0 Å².